The maximum atomic E-state index is 10.2. The molecule has 0 spiro atoms. The van der Waals surface area contributed by atoms with Gasteiger partial charge >= 0.3 is 0 Å². The van der Waals surface area contributed by atoms with E-state index in [1.807, 2.05) is 0 Å². The maximum absolute atomic E-state index is 10.2. The van der Waals surface area contributed by atoms with E-state index in [9.17, 15) is 9.90 Å². The zero-order valence-corrected chi connectivity index (χ0v) is 11.7. The molecule has 3 heteroatoms. The Morgan fingerprint density at radius 3 is 1.33 bits per heavy atom. The highest BCUT2D eigenvalue weighted by Crippen LogP contribution is 2.12. The third kappa shape index (κ3) is 15.4. The average molecular weight is 257 g/mol. The van der Waals surface area contributed by atoms with Gasteiger partial charge in [-0.1, -0.05) is 64.2 Å². The van der Waals surface area contributed by atoms with Crippen LogP contribution in [0.25, 0.3) is 0 Å². The Kier molecular flexibility index (Phi) is 14.0. The molecular formula is C15H29O3-. The molecule has 18 heavy (non-hydrogen) atoms. The van der Waals surface area contributed by atoms with E-state index in [4.69, 9.17) is 5.11 Å². The largest absolute Gasteiger partial charge is 0.550 e. The van der Waals surface area contributed by atoms with Crippen molar-refractivity contribution in [2.45, 2.75) is 83.5 Å². The second kappa shape index (κ2) is 14.5. The second-order valence-electron chi connectivity index (χ2n) is 5.09. The Balaban J connectivity index is 2.92. The third-order valence-corrected chi connectivity index (χ3v) is 3.29. The summed E-state index contributed by atoms with van der Waals surface area (Å²) in [6.45, 7) is 0.331. The van der Waals surface area contributed by atoms with Gasteiger partial charge in [0.15, 0.2) is 0 Å². The Hall–Kier alpha value is -0.570. The number of rotatable bonds is 14. The molecule has 0 amide bonds. The summed E-state index contributed by atoms with van der Waals surface area (Å²) in [5, 5.41) is 18.8. The maximum Gasteiger partial charge on any atom is 0.0431 e. The molecule has 0 aromatic carbocycles. The molecule has 108 valence electrons. The van der Waals surface area contributed by atoms with Crippen LogP contribution in [0.1, 0.15) is 83.5 Å². The van der Waals surface area contributed by atoms with E-state index in [0.717, 1.165) is 32.1 Å². The molecule has 0 unspecified atom stereocenters. The zero-order chi connectivity index (χ0) is 13.5. The smallest absolute Gasteiger partial charge is 0.0431 e. The van der Waals surface area contributed by atoms with Gasteiger partial charge in [0.1, 0.15) is 0 Å². The summed E-state index contributed by atoms with van der Waals surface area (Å²) >= 11 is 0. The van der Waals surface area contributed by atoms with Gasteiger partial charge in [0.25, 0.3) is 0 Å². The first kappa shape index (κ1) is 17.4. The van der Waals surface area contributed by atoms with Crippen LogP contribution in [-0.4, -0.2) is 17.7 Å². The Bertz CT molecular complexity index is 181. The Morgan fingerprint density at radius 1 is 0.667 bits per heavy atom. The first-order chi connectivity index (χ1) is 8.77. The minimum absolute atomic E-state index is 0.216. The summed E-state index contributed by atoms with van der Waals surface area (Å²) < 4.78 is 0. The third-order valence-electron chi connectivity index (χ3n) is 3.29. The van der Waals surface area contributed by atoms with Crippen LogP contribution in [0.3, 0.4) is 0 Å². The van der Waals surface area contributed by atoms with E-state index in [-0.39, 0.29) is 6.42 Å². The summed E-state index contributed by atoms with van der Waals surface area (Å²) in [6, 6.07) is 0. The molecule has 0 aromatic rings. The van der Waals surface area contributed by atoms with Crippen LogP contribution in [0, 0.1) is 0 Å². The van der Waals surface area contributed by atoms with E-state index in [0.29, 0.717) is 6.61 Å². The van der Waals surface area contributed by atoms with Crippen molar-refractivity contribution in [3.63, 3.8) is 0 Å². The van der Waals surface area contributed by atoms with Crippen LogP contribution in [-0.2, 0) is 4.79 Å². The molecule has 0 aliphatic rings. The fourth-order valence-corrected chi connectivity index (χ4v) is 2.15. The molecule has 0 saturated heterocycles. The van der Waals surface area contributed by atoms with Gasteiger partial charge in [0.2, 0.25) is 0 Å². The van der Waals surface area contributed by atoms with Crippen molar-refractivity contribution >= 4 is 5.97 Å². The molecule has 0 fully saturated rings. The normalized spacial score (nSPS) is 10.7. The quantitative estimate of drug-likeness (QED) is 0.487. The molecule has 0 heterocycles. The zero-order valence-electron chi connectivity index (χ0n) is 11.7. The first-order valence-electron chi connectivity index (χ1n) is 7.58. The standard InChI is InChI=1S/C15H30O3/c16-14-12-10-8-6-4-2-1-3-5-7-9-11-13-15(17)18/h16H,1-14H2,(H,17,18)/p-1. The molecule has 0 bridgehead atoms. The van der Waals surface area contributed by atoms with Gasteiger partial charge in [-0.3, -0.25) is 0 Å². The number of aliphatic hydroxyl groups is 1. The average Bonchev–Trinajstić information content (AvgIpc) is 2.34. The Morgan fingerprint density at radius 2 is 1.00 bits per heavy atom. The van der Waals surface area contributed by atoms with Crippen LogP contribution in [0.4, 0.5) is 0 Å². The molecule has 0 aliphatic heterocycles. The number of carboxylic acid groups (broad SMARTS) is 1. The lowest BCUT2D eigenvalue weighted by Crippen LogP contribution is -2.21. The van der Waals surface area contributed by atoms with Crippen LogP contribution in [0.15, 0.2) is 0 Å². The molecule has 0 aliphatic carbocycles. The Labute approximate surface area is 112 Å². The van der Waals surface area contributed by atoms with E-state index in [1.165, 1.54) is 44.9 Å². The number of unbranched alkanes of at least 4 members (excludes halogenated alkanes) is 11. The van der Waals surface area contributed by atoms with Gasteiger partial charge in [0.05, 0.1) is 0 Å². The molecule has 0 rings (SSSR count). The number of hydrogen-bond donors (Lipinski definition) is 1. The van der Waals surface area contributed by atoms with Crippen molar-refractivity contribution in [1.82, 2.24) is 0 Å². The highest BCUT2D eigenvalue weighted by atomic mass is 16.4. The summed E-state index contributed by atoms with van der Waals surface area (Å²) in [7, 11) is 0. The SMILES string of the molecule is O=C([O-])CCCCCCCCCCCCCCO. The van der Waals surface area contributed by atoms with Crippen LogP contribution < -0.4 is 5.11 Å². The summed E-state index contributed by atoms with van der Waals surface area (Å²) in [5.41, 5.74) is 0. The monoisotopic (exact) mass is 257 g/mol. The van der Waals surface area contributed by atoms with Gasteiger partial charge in [-0.05, 0) is 19.3 Å². The van der Waals surface area contributed by atoms with E-state index >= 15 is 0 Å². The van der Waals surface area contributed by atoms with E-state index in [1.54, 1.807) is 0 Å². The summed E-state index contributed by atoms with van der Waals surface area (Å²) in [6.07, 6.45) is 14.3. The van der Waals surface area contributed by atoms with Crippen molar-refractivity contribution in [2.24, 2.45) is 0 Å². The van der Waals surface area contributed by atoms with Crippen molar-refractivity contribution in [2.75, 3.05) is 6.61 Å². The number of carbonyl (C=O) groups excluding carboxylic acids is 1. The highest BCUT2D eigenvalue weighted by Gasteiger charge is 1.94. The summed E-state index contributed by atoms with van der Waals surface area (Å²) in [5.74, 6) is -0.920. The molecule has 0 atom stereocenters. The molecular weight excluding hydrogens is 228 g/mol. The van der Waals surface area contributed by atoms with Gasteiger partial charge in [-0.15, -0.1) is 0 Å². The minimum atomic E-state index is -0.920. The van der Waals surface area contributed by atoms with Gasteiger partial charge in [-0.2, -0.15) is 0 Å². The minimum Gasteiger partial charge on any atom is -0.550 e. The predicted octanol–water partition coefficient (Wildman–Crippen LogP) is 2.80. The highest BCUT2D eigenvalue weighted by molar-refractivity contribution is 5.63. The number of hydrogen-bond acceptors (Lipinski definition) is 3. The van der Waals surface area contributed by atoms with Crippen LogP contribution in [0.2, 0.25) is 0 Å². The number of carboxylic acids is 1. The van der Waals surface area contributed by atoms with Crippen molar-refractivity contribution in [1.29, 1.82) is 0 Å². The molecule has 0 saturated carbocycles. The predicted molar refractivity (Wildman–Crippen MR) is 72.1 cm³/mol. The topological polar surface area (TPSA) is 60.4 Å². The van der Waals surface area contributed by atoms with Gasteiger partial charge in [0, 0.05) is 12.6 Å². The molecule has 0 radical (unpaired) electrons. The van der Waals surface area contributed by atoms with Crippen molar-refractivity contribution < 1.29 is 15.0 Å². The van der Waals surface area contributed by atoms with Crippen LogP contribution >= 0.6 is 0 Å². The molecule has 0 aromatic heterocycles. The molecule has 3 nitrogen and oxygen atoms in total. The lowest BCUT2D eigenvalue weighted by molar-refractivity contribution is -0.305. The van der Waals surface area contributed by atoms with Crippen LogP contribution in [0.5, 0.6) is 0 Å². The summed E-state index contributed by atoms with van der Waals surface area (Å²) in [4.78, 5) is 10.2. The number of aliphatic carboxylic acids is 1. The van der Waals surface area contributed by atoms with Crippen molar-refractivity contribution in [3.8, 4) is 0 Å². The van der Waals surface area contributed by atoms with E-state index < -0.39 is 5.97 Å². The molecule has 1 N–H and O–H groups in total. The van der Waals surface area contributed by atoms with Crippen molar-refractivity contribution in [3.05, 3.63) is 0 Å². The van der Waals surface area contributed by atoms with Gasteiger partial charge in [-0.25, -0.2) is 0 Å². The van der Waals surface area contributed by atoms with Gasteiger partial charge < -0.3 is 15.0 Å². The van der Waals surface area contributed by atoms with E-state index in [2.05, 4.69) is 0 Å². The first-order valence-corrected chi connectivity index (χ1v) is 7.58. The lowest BCUT2D eigenvalue weighted by atomic mass is 10.0. The fourth-order valence-electron chi connectivity index (χ4n) is 2.15. The lowest BCUT2D eigenvalue weighted by Gasteiger charge is -2.03. The number of carbonyl (C=O) groups is 1. The number of aliphatic hydroxyl groups excluding tert-OH is 1. The fraction of sp³-hybridized carbons (Fsp3) is 0.933. The second-order valence-corrected chi connectivity index (χ2v) is 5.09.